The molecule has 1 aromatic heterocycles. The van der Waals surface area contributed by atoms with Crippen LogP contribution in [-0.2, 0) is 13.1 Å². The van der Waals surface area contributed by atoms with Crippen molar-refractivity contribution in [3.8, 4) is 0 Å². The van der Waals surface area contributed by atoms with Gasteiger partial charge in [-0.1, -0.05) is 41.9 Å². The van der Waals surface area contributed by atoms with Gasteiger partial charge in [0.05, 0.1) is 0 Å². The number of aromatic nitrogens is 4. The third-order valence-electron chi connectivity index (χ3n) is 2.54. The number of anilines is 1. The molecule has 0 saturated heterocycles. The molecular formula is C12H17N5. The minimum atomic E-state index is 0.729. The standard InChI is InChI=1S/C12H17N5/c1-3-8-17-12(14-15-16-17)13-9-11-6-4-10(2)5-7-11/h4-7H,3,8-9H2,1-2H3,(H,13,14,16). The van der Waals surface area contributed by atoms with E-state index in [1.54, 1.807) is 4.68 Å². The fourth-order valence-corrected chi connectivity index (χ4v) is 1.58. The van der Waals surface area contributed by atoms with Gasteiger partial charge in [0.2, 0.25) is 5.95 Å². The molecule has 1 aromatic carbocycles. The molecule has 90 valence electrons. The van der Waals surface area contributed by atoms with Gasteiger partial charge in [-0.05, 0) is 29.3 Å². The minimum absolute atomic E-state index is 0.729. The van der Waals surface area contributed by atoms with Crippen LogP contribution in [0.2, 0.25) is 0 Å². The van der Waals surface area contributed by atoms with Crippen LogP contribution in [0.4, 0.5) is 5.95 Å². The molecule has 0 atom stereocenters. The van der Waals surface area contributed by atoms with Gasteiger partial charge in [-0.25, -0.2) is 4.68 Å². The van der Waals surface area contributed by atoms with Gasteiger partial charge in [-0.2, -0.15) is 0 Å². The summed E-state index contributed by atoms with van der Waals surface area (Å²) in [5, 5.41) is 14.8. The van der Waals surface area contributed by atoms with Crippen molar-refractivity contribution in [1.82, 2.24) is 20.2 Å². The van der Waals surface area contributed by atoms with Crippen LogP contribution in [0.25, 0.3) is 0 Å². The maximum atomic E-state index is 3.96. The molecule has 0 fully saturated rings. The molecule has 2 aromatic rings. The van der Waals surface area contributed by atoms with E-state index in [0.29, 0.717) is 0 Å². The van der Waals surface area contributed by atoms with Gasteiger partial charge < -0.3 is 5.32 Å². The average Bonchev–Trinajstić information content (AvgIpc) is 2.77. The number of rotatable bonds is 5. The summed E-state index contributed by atoms with van der Waals surface area (Å²) in [5.74, 6) is 0.729. The molecule has 0 radical (unpaired) electrons. The molecule has 5 nitrogen and oxygen atoms in total. The Kier molecular flexibility index (Phi) is 3.69. The summed E-state index contributed by atoms with van der Waals surface area (Å²) in [6, 6.07) is 8.42. The SMILES string of the molecule is CCCn1nnnc1NCc1ccc(C)cc1. The lowest BCUT2D eigenvalue weighted by atomic mass is 10.1. The number of benzene rings is 1. The average molecular weight is 231 g/mol. The van der Waals surface area contributed by atoms with Crippen molar-refractivity contribution in [2.75, 3.05) is 5.32 Å². The molecular weight excluding hydrogens is 214 g/mol. The molecule has 17 heavy (non-hydrogen) atoms. The maximum Gasteiger partial charge on any atom is 0.243 e. The third-order valence-corrected chi connectivity index (χ3v) is 2.54. The van der Waals surface area contributed by atoms with Crippen LogP contribution in [0, 0.1) is 6.92 Å². The minimum Gasteiger partial charge on any atom is -0.349 e. The van der Waals surface area contributed by atoms with E-state index < -0.39 is 0 Å². The second-order valence-corrected chi connectivity index (χ2v) is 4.06. The molecule has 0 aliphatic rings. The van der Waals surface area contributed by atoms with Crippen molar-refractivity contribution >= 4 is 5.95 Å². The van der Waals surface area contributed by atoms with Crippen molar-refractivity contribution in [1.29, 1.82) is 0 Å². The van der Waals surface area contributed by atoms with Crippen molar-refractivity contribution in [3.05, 3.63) is 35.4 Å². The number of nitrogens with one attached hydrogen (secondary N) is 1. The van der Waals surface area contributed by atoms with E-state index in [1.807, 2.05) is 0 Å². The summed E-state index contributed by atoms with van der Waals surface area (Å²) in [6.45, 7) is 5.76. The first-order chi connectivity index (χ1) is 8.29. The predicted molar refractivity (Wildman–Crippen MR) is 66.6 cm³/mol. The van der Waals surface area contributed by atoms with E-state index in [0.717, 1.165) is 25.5 Å². The number of aryl methyl sites for hydroxylation is 2. The smallest absolute Gasteiger partial charge is 0.243 e. The number of nitrogens with zero attached hydrogens (tertiary/aromatic N) is 4. The molecule has 0 aliphatic heterocycles. The van der Waals surface area contributed by atoms with Gasteiger partial charge in [0.25, 0.3) is 0 Å². The van der Waals surface area contributed by atoms with Crippen LogP contribution in [0.15, 0.2) is 24.3 Å². The Hall–Kier alpha value is -1.91. The molecule has 0 aliphatic carbocycles. The zero-order chi connectivity index (χ0) is 12.1. The highest BCUT2D eigenvalue weighted by molar-refractivity contribution is 5.27. The molecule has 5 heteroatoms. The molecule has 0 spiro atoms. The zero-order valence-electron chi connectivity index (χ0n) is 10.2. The van der Waals surface area contributed by atoms with Crippen molar-refractivity contribution in [2.24, 2.45) is 0 Å². The first-order valence-electron chi connectivity index (χ1n) is 5.85. The highest BCUT2D eigenvalue weighted by Crippen LogP contribution is 2.06. The van der Waals surface area contributed by atoms with Gasteiger partial charge in [-0.3, -0.25) is 0 Å². The lowest BCUT2D eigenvalue weighted by molar-refractivity contribution is 0.582. The van der Waals surface area contributed by atoms with Crippen molar-refractivity contribution in [3.63, 3.8) is 0 Å². The summed E-state index contributed by atoms with van der Waals surface area (Å²) in [4.78, 5) is 0. The number of hydrogen-bond acceptors (Lipinski definition) is 4. The van der Waals surface area contributed by atoms with Gasteiger partial charge in [0.15, 0.2) is 0 Å². The lowest BCUT2D eigenvalue weighted by Gasteiger charge is -2.06. The lowest BCUT2D eigenvalue weighted by Crippen LogP contribution is -2.08. The Labute approximate surface area is 101 Å². The van der Waals surface area contributed by atoms with Crippen LogP contribution in [0.1, 0.15) is 24.5 Å². The van der Waals surface area contributed by atoms with Gasteiger partial charge in [-0.15, -0.1) is 0 Å². The summed E-state index contributed by atoms with van der Waals surface area (Å²) >= 11 is 0. The van der Waals surface area contributed by atoms with E-state index in [-0.39, 0.29) is 0 Å². The quantitative estimate of drug-likeness (QED) is 0.855. The first-order valence-corrected chi connectivity index (χ1v) is 5.85. The Morgan fingerprint density at radius 3 is 2.71 bits per heavy atom. The van der Waals surface area contributed by atoms with Crippen molar-refractivity contribution in [2.45, 2.75) is 33.4 Å². The largest absolute Gasteiger partial charge is 0.349 e. The summed E-state index contributed by atoms with van der Waals surface area (Å²) < 4.78 is 1.79. The maximum absolute atomic E-state index is 3.96. The summed E-state index contributed by atoms with van der Waals surface area (Å²) in [6.07, 6.45) is 1.02. The van der Waals surface area contributed by atoms with E-state index >= 15 is 0 Å². The van der Waals surface area contributed by atoms with Crippen LogP contribution < -0.4 is 5.32 Å². The fourth-order valence-electron chi connectivity index (χ4n) is 1.58. The van der Waals surface area contributed by atoms with Gasteiger partial charge in [0.1, 0.15) is 0 Å². The van der Waals surface area contributed by atoms with Crippen LogP contribution in [0.3, 0.4) is 0 Å². The Morgan fingerprint density at radius 1 is 1.24 bits per heavy atom. The second-order valence-electron chi connectivity index (χ2n) is 4.06. The molecule has 0 saturated carbocycles. The van der Waals surface area contributed by atoms with Crippen LogP contribution in [-0.4, -0.2) is 20.2 Å². The first kappa shape index (κ1) is 11.6. The highest BCUT2D eigenvalue weighted by atomic mass is 15.6. The van der Waals surface area contributed by atoms with E-state index in [1.165, 1.54) is 11.1 Å². The van der Waals surface area contributed by atoms with Crippen molar-refractivity contribution < 1.29 is 0 Å². The highest BCUT2D eigenvalue weighted by Gasteiger charge is 2.03. The van der Waals surface area contributed by atoms with Crippen LogP contribution in [0.5, 0.6) is 0 Å². The second kappa shape index (κ2) is 5.43. The molecule has 1 N–H and O–H groups in total. The zero-order valence-corrected chi connectivity index (χ0v) is 10.2. The number of tetrazole rings is 1. The van der Waals surface area contributed by atoms with Crippen LogP contribution >= 0.6 is 0 Å². The Balaban J connectivity index is 1.97. The molecule has 1 heterocycles. The van der Waals surface area contributed by atoms with E-state index in [2.05, 4.69) is 59.0 Å². The van der Waals surface area contributed by atoms with E-state index in [4.69, 9.17) is 0 Å². The summed E-state index contributed by atoms with van der Waals surface area (Å²) in [7, 11) is 0. The number of hydrogen-bond donors (Lipinski definition) is 1. The Bertz CT molecular complexity index is 460. The normalized spacial score (nSPS) is 10.5. The molecule has 0 amide bonds. The fraction of sp³-hybridized carbons (Fsp3) is 0.417. The molecule has 0 bridgehead atoms. The van der Waals surface area contributed by atoms with Gasteiger partial charge >= 0.3 is 0 Å². The Morgan fingerprint density at radius 2 is 2.00 bits per heavy atom. The molecule has 2 rings (SSSR count). The predicted octanol–water partition coefficient (Wildman–Crippen LogP) is 2.00. The molecule has 0 unspecified atom stereocenters. The summed E-state index contributed by atoms with van der Waals surface area (Å²) in [5.41, 5.74) is 2.49. The third kappa shape index (κ3) is 3.03. The monoisotopic (exact) mass is 231 g/mol. The van der Waals surface area contributed by atoms with E-state index in [9.17, 15) is 0 Å². The topological polar surface area (TPSA) is 55.6 Å². The van der Waals surface area contributed by atoms with Gasteiger partial charge in [0, 0.05) is 13.1 Å².